The summed E-state index contributed by atoms with van der Waals surface area (Å²) in [7, 11) is 0. The first-order valence-corrected chi connectivity index (χ1v) is 4.56. The minimum Gasteiger partial charge on any atom is -0.392 e. The number of aliphatic hydroxyl groups excluding tert-OH is 1. The first-order valence-electron chi connectivity index (χ1n) is 4.56. The Hall–Kier alpha value is -1.03. The second kappa shape index (κ2) is 4.28. The van der Waals surface area contributed by atoms with Gasteiger partial charge >= 0.3 is 0 Å². The number of rotatable bonds is 4. The highest BCUT2D eigenvalue weighted by molar-refractivity contribution is 5.32. The zero-order chi connectivity index (χ0) is 9.84. The summed E-state index contributed by atoms with van der Waals surface area (Å²) in [6, 6.07) is 2.28. The lowest BCUT2D eigenvalue weighted by molar-refractivity contribution is 0.208. The maximum Gasteiger partial charge on any atom is 0.148 e. The molecule has 4 heteroatoms. The van der Waals surface area contributed by atoms with Crippen molar-refractivity contribution in [2.24, 2.45) is 0 Å². The Bertz CT molecular complexity index is 255. The summed E-state index contributed by atoms with van der Waals surface area (Å²) < 4.78 is 1.88. The van der Waals surface area contributed by atoms with Crippen LogP contribution >= 0.6 is 0 Å². The van der Waals surface area contributed by atoms with Gasteiger partial charge in [0.2, 0.25) is 0 Å². The molecule has 0 saturated carbocycles. The molecular formula is C9H17N3O. The first-order chi connectivity index (χ1) is 6.09. The van der Waals surface area contributed by atoms with Gasteiger partial charge in [0.05, 0.1) is 6.10 Å². The molecule has 2 N–H and O–H groups in total. The number of nitrogens with zero attached hydrogens (tertiary/aromatic N) is 2. The molecule has 13 heavy (non-hydrogen) atoms. The van der Waals surface area contributed by atoms with Gasteiger partial charge < -0.3 is 10.4 Å². The Morgan fingerprint density at radius 2 is 2.23 bits per heavy atom. The largest absolute Gasteiger partial charge is 0.392 e. The zero-order valence-electron chi connectivity index (χ0n) is 8.36. The fourth-order valence-electron chi connectivity index (χ4n) is 0.972. The average molecular weight is 183 g/mol. The van der Waals surface area contributed by atoms with Gasteiger partial charge in [-0.15, -0.1) is 0 Å². The number of hydrogen-bond acceptors (Lipinski definition) is 3. The van der Waals surface area contributed by atoms with Gasteiger partial charge in [0, 0.05) is 24.8 Å². The maximum atomic E-state index is 9.03. The molecule has 0 bridgehead atoms. The second-order valence-electron chi connectivity index (χ2n) is 3.50. The summed E-state index contributed by atoms with van der Waals surface area (Å²) in [5, 5.41) is 16.3. The molecule has 4 nitrogen and oxygen atoms in total. The van der Waals surface area contributed by atoms with Gasteiger partial charge in [-0.1, -0.05) is 0 Å². The highest BCUT2D eigenvalue weighted by Crippen LogP contribution is 2.07. The first kappa shape index (κ1) is 10.1. The van der Waals surface area contributed by atoms with E-state index in [0.29, 0.717) is 12.6 Å². The van der Waals surface area contributed by atoms with Crippen LogP contribution in [0.15, 0.2) is 12.3 Å². The molecule has 0 aliphatic heterocycles. The van der Waals surface area contributed by atoms with Gasteiger partial charge in [0.15, 0.2) is 0 Å². The minimum atomic E-state index is -0.343. The Morgan fingerprint density at radius 3 is 2.69 bits per heavy atom. The lowest BCUT2D eigenvalue weighted by atomic mass is 10.4. The van der Waals surface area contributed by atoms with Gasteiger partial charge in [-0.05, 0) is 20.8 Å². The summed E-state index contributed by atoms with van der Waals surface area (Å²) in [5.74, 6) is 0.814. The van der Waals surface area contributed by atoms with Crippen molar-refractivity contribution in [1.29, 1.82) is 0 Å². The Morgan fingerprint density at radius 1 is 1.54 bits per heavy atom. The van der Waals surface area contributed by atoms with E-state index >= 15 is 0 Å². The summed E-state index contributed by atoms with van der Waals surface area (Å²) in [6.07, 6.45) is 1.58. The third-order valence-corrected chi connectivity index (χ3v) is 1.72. The molecule has 0 aromatic carbocycles. The van der Waals surface area contributed by atoms with Crippen LogP contribution in [0.5, 0.6) is 0 Å². The summed E-state index contributed by atoms with van der Waals surface area (Å²) >= 11 is 0. The summed E-state index contributed by atoms with van der Waals surface area (Å²) in [5.41, 5.74) is 0. The summed E-state index contributed by atoms with van der Waals surface area (Å²) in [6.45, 7) is 6.43. The Kier molecular flexibility index (Phi) is 3.31. The van der Waals surface area contributed by atoms with Crippen molar-refractivity contribution in [3.8, 4) is 0 Å². The van der Waals surface area contributed by atoms with E-state index in [1.54, 1.807) is 6.92 Å². The fourth-order valence-corrected chi connectivity index (χ4v) is 0.972. The molecule has 1 atom stereocenters. The molecule has 1 unspecified atom stereocenters. The quantitative estimate of drug-likeness (QED) is 0.738. The molecule has 0 spiro atoms. The lowest BCUT2D eigenvalue weighted by Gasteiger charge is -2.06. The highest BCUT2D eigenvalue weighted by Gasteiger charge is 2.01. The molecule has 1 rings (SSSR count). The molecule has 1 heterocycles. The van der Waals surface area contributed by atoms with E-state index in [4.69, 9.17) is 5.11 Å². The zero-order valence-corrected chi connectivity index (χ0v) is 8.36. The van der Waals surface area contributed by atoms with Crippen LogP contribution in [-0.2, 0) is 0 Å². The van der Waals surface area contributed by atoms with E-state index in [0.717, 1.165) is 5.82 Å². The van der Waals surface area contributed by atoms with E-state index in [1.807, 2.05) is 16.9 Å². The lowest BCUT2D eigenvalue weighted by Crippen LogP contribution is -2.15. The van der Waals surface area contributed by atoms with Crippen molar-refractivity contribution in [2.75, 3.05) is 11.9 Å². The van der Waals surface area contributed by atoms with E-state index in [1.165, 1.54) is 0 Å². The van der Waals surface area contributed by atoms with Gasteiger partial charge in [-0.3, -0.25) is 4.68 Å². The summed E-state index contributed by atoms with van der Waals surface area (Å²) in [4.78, 5) is 0. The number of anilines is 1. The monoisotopic (exact) mass is 183 g/mol. The molecular weight excluding hydrogens is 166 g/mol. The number of hydrogen-bond donors (Lipinski definition) is 2. The molecule has 74 valence electrons. The second-order valence-corrected chi connectivity index (χ2v) is 3.50. The topological polar surface area (TPSA) is 50.1 Å². The van der Waals surface area contributed by atoms with Gasteiger partial charge in [0.1, 0.15) is 5.82 Å². The van der Waals surface area contributed by atoms with E-state index in [2.05, 4.69) is 24.3 Å². The van der Waals surface area contributed by atoms with E-state index < -0.39 is 0 Å². The SMILES string of the molecule is CC(O)CNc1ccn(C(C)C)n1. The maximum absolute atomic E-state index is 9.03. The Balaban J connectivity index is 2.49. The molecule has 0 fully saturated rings. The van der Waals surface area contributed by atoms with Crippen molar-refractivity contribution in [1.82, 2.24) is 9.78 Å². The van der Waals surface area contributed by atoms with Gasteiger partial charge in [-0.2, -0.15) is 5.10 Å². The molecule has 0 aliphatic rings. The van der Waals surface area contributed by atoms with Crippen LogP contribution in [0.1, 0.15) is 26.8 Å². The predicted octanol–water partition coefficient (Wildman–Crippen LogP) is 1.26. The van der Waals surface area contributed by atoms with E-state index in [-0.39, 0.29) is 6.10 Å². The van der Waals surface area contributed by atoms with Crippen LogP contribution in [0.2, 0.25) is 0 Å². The smallest absolute Gasteiger partial charge is 0.148 e. The van der Waals surface area contributed by atoms with Crippen LogP contribution < -0.4 is 5.32 Å². The minimum absolute atomic E-state index is 0.343. The van der Waals surface area contributed by atoms with Crippen LogP contribution in [0.3, 0.4) is 0 Å². The molecule has 1 aromatic rings. The van der Waals surface area contributed by atoms with Crippen molar-refractivity contribution in [3.63, 3.8) is 0 Å². The fraction of sp³-hybridized carbons (Fsp3) is 0.667. The standard InChI is InChI=1S/C9H17N3O/c1-7(2)12-5-4-9(11-12)10-6-8(3)13/h4-5,7-8,13H,6H2,1-3H3,(H,10,11). The molecule has 0 radical (unpaired) electrons. The van der Waals surface area contributed by atoms with Crippen molar-refractivity contribution < 1.29 is 5.11 Å². The van der Waals surface area contributed by atoms with Gasteiger partial charge in [-0.25, -0.2) is 0 Å². The number of aliphatic hydroxyl groups is 1. The normalized spacial score (nSPS) is 13.3. The van der Waals surface area contributed by atoms with Crippen molar-refractivity contribution >= 4 is 5.82 Å². The molecule has 1 aromatic heterocycles. The van der Waals surface area contributed by atoms with Gasteiger partial charge in [0.25, 0.3) is 0 Å². The number of aromatic nitrogens is 2. The van der Waals surface area contributed by atoms with Crippen molar-refractivity contribution in [3.05, 3.63) is 12.3 Å². The van der Waals surface area contributed by atoms with Crippen LogP contribution in [0, 0.1) is 0 Å². The molecule has 0 aliphatic carbocycles. The highest BCUT2D eigenvalue weighted by atomic mass is 16.3. The third kappa shape index (κ3) is 3.06. The van der Waals surface area contributed by atoms with Crippen LogP contribution in [0.25, 0.3) is 0 Å². The van der Waals surface area contributed by atoms with Crippen LogP contribution in [-0.4, -0.2) is 27.5 Å². The molecule has 0 amide bonds. The predicted molar refractivity (Wildman–Crippen MR) is 52.8 cm³/mol. The third-order valence-electron chi connectivity index (χ3n) is 1.72. The average Bonchev–Trinajstić information content (AvgIpc) is 2.48. The van der Waals surface area contributed by atoms with Crippen LogP contribution in [0.4, 0.5) is 5.82 Å². The number of nitrogens with one attached hydrogen (secondary N) is 1. The van der Waals surface area contributed by atoms with Crippen molar-refractivity contribution in [2.45, 2.75) is 32.9 Å². The van der Waals surface area contributed by atoms with E-state index in [9.17, 15) is 0 Å². The molecule has 0 saturated heterocycles. The Labute approximate surface area is 78.6 Å².